The molecule has 2 rings (SSSR count). The monoisotopic (exact) mass is 253 g/mol. The molecule has 1 aromatic heterocycles. The molecule has 0 bridgehead atoms. The van der Waals surface area contributed by atoms with Crippen LogP contribution in [0.25, 0.3) is 5.69 Å². The third-order valence-electron chi connectivity index (χ3n) is 2.76. The first-order valence-corrected chi connectivity index (χ1v) is 5.24. The molecule has 0 fully saturated rings. The molecule has 0 N–H and O–H groups in total. The third kappa shape index (κ3) is 2.16. The Bertz CT molecular complexity index is 584. The molecule has 0 amide bonds. The van der Waals surface area contributed by atoms with Crippen molar-refractivity contribution >= 4 is 6.29 Å². The van der Waals surface area contributed by atoms with E-state index in [1.807, 2.05) is 0 Å². The zero-order valence-corrected chi connectivity index (χ0v) is 9.53. The SMILES string of the molecule is Cc1c(C=O)ccn1-c1cccc(C(F)(F)F)c1. The second-order valence-corrected chi connectivity index (χ2v) is 3.89. The molecule has 0 unspecified atom stereocenters. The highest BCUT2D eigenvalue weighted by molar-refractivity contribution is 5.77. The van der Waals surface area contributed by atoms with Crippen molar-refractivity contribution in [2.24, 2.45) is 0 Å². The zero-order chi connectivity index (χ0) is 13.3. The number of halogens is 3. The number of aromatic nitrogens is 1. The fourth-order valence-corrected chi connectivity index (χ4v) is 1.76. The molecule has 0 saturated heterocycles. The molecule has 0 spiro atoms. The molecular formula is C13H10F3NO. The van der Waals surface area contributed by atoms with E-state index in [9.17, 15) is 18.0 Å². The average molecular weight is 253 g/mol. The summed E-state index contributed by atoms with van der Waals surface area (Å²) in [5, 5.41) is 0. The summed E-state index contributed by atoms with van der Waals surface area (Å²) in [6, 6.07) is 6.56. The number of benzene rings is 1. The molecule has 0 saturated carbocycles. The lowest BCUT2D eigenvalue weighted by atomic mass is 10.2. The van der Waals surface area contributed by atoms with Crippen LogP contribution in [0.1, 0.15) is 21.6 Å². The first-order valence-electron chi connectivity index (χ1n) is 5.24. The molecule has 0 aliphatic carbocycles. The van der Waals surface area contributed by atoms with Gasteiger partial charge in [-0.1, -0.05) is 6.07 Å². The Kier molecular flexibility index (Phi) is 2.98. The number of alkyl halides is 3. The standard InChI is InChI=1S/C13H10F3NO/c1-9-10(8-18)5-6-17(9)12-4-2-3-11(7-12)13(14,15)16/h2-8H,1H3. The van der Waals surface area contributed by atoms with Gasteiger partial charge in [0, 0.05) is 23.1 Å². The minimum Gasteiger partial charge on any atom is -0.320 e. The highest BCUT2D eigenvalue weighted by Crippen LogP contribution is 2.30. The molecule has 18 heavy (non-hydrogen) atoms. The molecule has 1 aromatic carbocycles. The van der Waals surface area contributed by atoms with Crippen LogP contribution in [0.5, 0.6) is 0 Å². The highest BCUT2D eigenvalue weighted by atomic mass is 19.4. The van der Waals surface area contributed by atoms with Gasteiger partial charge >= 0.3 is 6.18 Å². The molecule has 94 valence electrons. The Morgan fingerprint density at radius 1 is 1.22 bits per heavy atom. The second-order valence-electron chi connectivity index (χ2n) is 3.89. The van der Waals surface area contributed by atoms with E-state index in [1.54, 1.807) is 29.8 Å². The van der Waals surface area contributed by atoms with E-state index in [1.165, 1.54) is 6.07 Å². The maximum absolute atomic E-state index is 12.6. The normalized spacial score (nSPS) is 11.6. The second kappa shape index (κ2) is 4.33. The van der Waals surface area contributed by atoms with Gasteiger partial charge in [-0.2, -0.15) is 13.2 Å². The van der Waals surface area contributed by atoms with Gasteiger partial charge in [0.05, 0.1) is 5.56 Å². The van der Waals surface area contributed by atoms with Crippen LogP contribution in [0.4, 0.5) is 13.2 Å². The predicted octanol–water partition coefficient (Wildman–Crippen LogP) is 3.62. The Labute approximate surface area is 102 Å². The van der Waals surface area contributed by atoms with E-state index >= 15 is 0 Å². The molecule has 2 aromatic rings. The number of carbonyl (C=O) groups excluding carboxylic acids is 1. The molecule has 0 aliphatic rings. The van der Waals surface area contributed by atoms with Gasteiger partial charge in [-0.05, 0) is 31.2 Å². The Balaban J connectivity index is 2.51. The lowest BCUT2D eigenvalue weighted by molar-refractivity contribution is -0.137. The van der Waals surface area contributed by atoms with E-state index in [-0.39, 0.29) is 0 Å². The molecule has 1 heterocycles. The van der Waals surface area contributed by atoms with Crippen LogP contribution in [-0.4, -0.2) is 10.9 Å². The number of rotatable bonds is 2. The Morgan fingerprint density at radius 2 is 1.94 bits per heavy atom. The maximum atomic E-state index is 12.6. The number of aldehydes is 1. The van der Waals surface area contributed by atoms with E-state index in [0.29, 0.717) is 23.2 Å². The number of nitrogens with zero attached hydrogens (tertiary/aromatic N) is 1. The van der Waals surface area contributed by atoms with Crippen molar-refractivity contribution < 1.29 is 18.0 Å². The Morgan fingerprint density at radius 3 is 2.50 bits per heavy atom. The Hall–Kier alpha value is -2.04. The summed E-state index contributed by atoms with van der Waals surface area (Å²) < 4.78 is 39.3. The number of hydrogen-bond acceptors (Lipinski definition) is 1. The summed E-state index contributed by atoms with van der Waals surface area (Å²) in [5.74, 6) is 0. The van der Waals surface area contributed by atoms with Crippen LogP contribution in [-0.2, 0) is 6.18 Å². The summed E-state index contributed by atoms with van der Waals surface area (Å²) in [6.07, 6.45) is -2.11. The molecule has 5 heteroatoms. The predicted molar refractivity (Wildman–Crippen MR) is 60.9 cm³/mol. The van der Waals surface area contributed by atoms with E-state index in [2.05, 4.69) is 0 Å². The zero-order valence-electron chi connectivity index (χ0n) is 9.53. The summed E-state index contributed by atoms with van der Waals surface area (Å²) in [5.41, 5.74) is 0.757. The van der Waals surface area contributed by atoms with Crippen molar-refractivity contribution in [2.75, 3.05) is 0 Å². The van der Waals surface area contributed by atoms with E-state index in [0.717, 1.165) is 12.1 Å². The highest BCUT2D eigenvalue weighted by Gasteiger charge is 2.30. The number of carbonyl (C=O) groups is 1. The van der Waals surface area contributed by atoms with Crippen molar-refractivity contribution in [3.63, 3.8) is 0 Å². The maximum Gasteiger partial charge on any atom is 0.416 e. The van der Waals surface area contributed by atoms with E-state index in [4.69, 9.17) is 0 Å². The van der Waals surface area contributed by atoms with Crippen molar-refractivity contribution in [2.45, 2.75) is 13.1 Å². The smallest absolute Gasteiger partial charge is 0.320 e. The van der Waals surface area contributed by atoms with Crippen molar-refractivity contribution in [3.8, 4) is 5.69 Å². The van der Waals surface area contributed by atoms with Gasteiger partial charge in [0.2, 0.25) is 0 Å². The van der Waals surface area contributed by atoms with Crippen molar-refractivity contribution in [1.82, 2.24) is 4.57 Å². The largest absolute Gasteiger partial charge is 0.416 e. The third-order valence-corrected chi connectivity index (χ3v) is 2.76. The van der Waals surface area contributed by atoms with Gasteiger partial charge in [0.1, 0.15) is 0 Å². The van der Waals surface area contributed by atoms with Crippen LogP contribution in [0.3, 0.4) is 0 Å². The first-order chi connectivity index (χ1) is 8.43. The van der Waals surface area contributed by atoms with Crippen LogP contribution < -0.4 is 0 Å². The minimum atomic E-state index is -4.37. The van der Waals surface area contributed by atoms with E-state index < -0.39 is 11.7 Å². The van der Waals surface area contributed by atoms with Gasteiger partial charge in [-0.15, -0.1) is 0 Å². The fraction of sp³-hybridized carbons (Fsp3) is 0.154. The van der Waals surface area contributed by atoms with Gasteiger partial charge in [0.25, 0.3) is 0 Å². The van der Waals surface area contributed by atoms with Gasteiger partial charge in [0.15, 0.2) is 6.29 Å². The molecule has 0 atom stereocenters. The molecule has 2 nitrogen and oxygen atoms in total. The summed E-state index contributed by atoms with van der Waals surface area (Å²) in [4.78, 5) is 10.7. The fourth-order valence-electron chi connectivity index (χ4n) is 1.76. The quantitative estimate of drug-likeness (QED) is 0.749. The van der Waals surface area contributed by atoms with Crippen LogP contribution in [0, 0.1) is 6.92 Å². The van der Waals surface area contributed by atoms with Gasteiger partial charge in [-0.25, -0.2) is 0 Å². The molecular weight excluding hydrogens is 243 g/mol. The minimum absolute atomic E-state index is 0.385. The number of hydrogen-bond donors (Lipinski definition) is 0. The summed E-state index contributed by atoms with van der Waals surface area (Å²) in [7, 11) is 0. The average Bonchev–Trinajstić information content (AvgIpc) is 2.69. The van der Waals surface area contributed by atoms with Gasteiger partial charge < -0.3 is 4.57 Å². The lowest BCUT2D eigenvalue weighted by Crippen LogP contribution is -2.06. The van der Waals surface area contributed by atoms with Crippen molar-refractivity contribution in [3.05, 3.63) is 53.3 Å². The van der Waals surface area contributed by atoms with Crippen LogP contribution in [0.2, 0.25) is 0 Å². The van der Waals surface area contributed by atoms with Crippen LogP contribution >= 0.6 is 0 Å². The van der Waals surface area contributed by atoms with Crippen LogP contribution in [0.15, 0.2) is 36.5 Å². The van der Waals surface area contributed by atoms with Gasteiger partial charge in [-0.3, -0.25) is 4.79 Å². The molecule has 0 radical (unpaired) electrons. The topological polar surface area (TPSA) is 22.0 Å². The molecule has 0 aliphatic heterocycles. The first kappa shape index (κ1) is 12.4. The van der Waals surface area contributed by atoms with Crippen molar-refractivity contribution in [1.29, 1.82) is 0 Å². The summed E-state index contributed by atoms with van der Waals surface area (Å²) >= 11 is 0. The lowest BCUT2D eigenvalue weighted by Gasteiger charge is -2.11. The summed E-state index contributed by atoms with van der Waals surface area (Å²) in [6.45, 7) is 1.68.